The first-order chi connectivity index (χ1) is 8.91. The third kappa shape index (κ3) is 3.10. The predicted octanol–water partition coefficient (Wildman–Crippen LogP) is 0.530. The first kappa shape index (κ1) is 14.8. The molecule has 0 aromatic heterocycles. The molecule has 1 saturated heterocycles. The van der Waals surface area contributed by atoms with Crippen LogP contribution in [0.15, 0.2) is 0 Å². The lowest BCUT2D eigenvalue weighted by atomic mass is 9.99. The van der Waals surface area contributed by atoms with Gasteiger partial charge in [0, 0.05) is 12.1 Å². The monoisotopic (exact) mass is 285 g/mol. The Labute approximate surface area is 115 Å². The summed E-state index contributed by atoms with van der Waals surface area (Å²) >= 11 is 0. The van der Waals surface area contributed by atoms with E-state index in [1.165, 1.54) is 0 Å². The van der Waals surface area contributed by atoms with Gasteiger partial charge in [-0.1, -0.05) is 6.92 Å². The van der Waals surface area contributed by atoms with Crippen molar-refractivity contribution >= 4 is 9.84 Å². The summed E-state index contributed by atoms with van der Waals surface area (Å²) in [5, 5.41) is 12.7. The van der Waals surface area contributed by atoms with Crippen LogP contribution in [0.4, 0.5) is 0 Å². The van der Waals surface area contributed by atoms with Crippen molar-refractivity contribution in [3.63, 3.8) is 0 Å². The van der Waals surface area contributed by atoms with Crippen LogP contribution >= 0.6 is 0 Å². The molecule has 1 heterocycles. The van der Waals surface area contributed by atoms with E-state index in [1.54, 1.807) is 0 Å². The molecule has 5 nitrogen and oxygen atoms in total. The Hall–Kier alpha value is -0.640. The maximum absolute atomic E-state index is 11.6. The van der Waals surface area contributed by atoms with E-state index in [0.717, 1.165) is 32.2 Å². The van der Waals surface area contributed by atoms with Crippen molar-refractivity contribution in [2.75, 3.05) is 25.1 Å². The summed E-state index contributed by atoms with van der Waals surface area (Å²) in [4.78, 5) is 2.20. The highest BCUT2D eigenvalue weighted by Crippen LogP contribution is 2.34. The third-order valence-corrected chi connectivity index (χ3v) is 6.33. The van der Waals surface area contributed by atoms with Gasteiger partial charge in [0.15, 0.2) is 9.84 Å². The minimum Gasteiger partial charge on any atom is -0.300 e. The predicted molar refractivity (Wildman–Crippen MR) is 74.5 cm³/mol. The molecule has 0 aromatic rings. The van der Waals surface area contributed by atoms with Crippen LogP contribution in [-0.4, -0.2) is 56.0 Å². The fraction of sp³-hybridized carbons (Fsp3) is 0.923. The van der Waals surface area contributed by atoms with E-state index in [-0.39, 0.29) is 11.8 Å². The van der Waals surface area contributed by atoms with Crippen LogP contribution in [0.2, 0.25) is 0 Å². The first-order valence-electron chi connectivity index (χ1n) is 7.00. The van der Waals surface area contributed by atoms with Gasteiger partial charge in [-0.2, -0.15) is 5.26 Å². The van der Waals surface area contributed by atoms with E-state index in [9.17, 15) is 13.7 Å². The number of nitrogens with zero attached hydrogens (tertiary/aromatic N) is 2. The van der Waals surface area contributed by atoms with E-state index in [4.69, 9.17) is 0 Å². The average molecular weight is 285 g/mol. The highest BCUT2D eigenvalue weighted by Gasteiger charge is 2.43. The molecule has 0 bridgehead atoms. The second kappa shape index (κ2) is 5.39. The van der Waals surface area contributed by atoms with E-state index in [1.807, 2.05) is 14.0 Å². The summed E-state index contributed by atoms with van der Waals surface area (Å²) in [5.74, 6) is 0.589. The zero-order valence-electron chi connectivity index (χ0n) is 11.7. The Bertz CT molecular complexity index is 471. The van der Waals surface area contributed by atoms with Gasteiger partial charge >= 0.3 is 0 Å². The molecule has 1 aliphatic heterocycles. The van der Waals surface area contributed by atoms with Crippen molar-refractivity contribution in [1.29, 1.82) is 5.26 Å². The third-order valence-electron chi connectivity index (χ3n) is 4.58. The number of hydrogen-bond donors (Lipinski definition) is 1. The van der Waals surface area contributed by atoms with E-state index >= 15 is 0 Å². The lowest BCUT2D eigenvalue weighted by molar-refractivity contribution is 0.184. The lowest BCUT2D eigenvalue weighted by Crippen LogP contribution is -2.45. The van der Waals surface area contributed by atoms with Gasteiger partial charge in [-0.05, 0) is 39.3 Å². The van der Waals surface area contributed by atoms with Gasteiger partial charge in [0.1, 0.15) is 5.54 Å². The van der Waals surface area contributed by atoms with Gasteiger partial charge in [0.2, 0.25) is 0 Å². The minimum atomic E-state index is -2.84. The highest BCUT2D eigenvalue weighted by atomic mass is 32.2. The largest absolute Gasteiger partial charge is 0.300 e. The molecule has 2 aliphatic rings. The molecule has 0 radical (unpaired) electrons. The highest BCUT2D eigenvalue weighted by molar-refractivity contribution is 7.91. The van der Waals surface area contributed by atoms with Crippen LogP contribution in [-0.2, 0) is 9.84 Å². The Kier molecular flexibility index (Phi) is 4.19. The molecule has 3 unspecified atom stereocenters. The van der Waals surface area contributed by atoms with Crippen molar-refractivity contribution in [3.05, 3.63) is 0 Å². The molecule has 19 heavy (non-hydrogen) atoms. The van der Waals surface area contributed by atoms with Crippen LogP contribution in [0.1, 0.15) is 32.6 Å². The topological polar surface area (TPSA) is 73.2 Å². The van der Waals surface area contributed by atoms with Crippen LogP contribution in [0.25, 0.3) is 0 Å². The second-order valence-electron chi connectivity index (χ2n) is 5.84. The fourth-order valence-corrected chi connectivity index (χ4v) is 5.19. The molecule has 1 N–H and O–H groups in total. The summed E-state index contributed by atoms with van der Waals surface area (Å²) < 4.78 is 23.1. The fourth-order valence-electron chi connectivity index (χ4n) is 3.40. The van der Waals surface area contributed by atoms with E-state index in [0.29, 0.717) is 11.8 Å². The molecule has 2 rings (SSSR count). The standard InChI is InChI=1S/C13H23N3O2S/c1-3-15-13(10-14)6-4-11(8-13)16(2)12-5-7-19(17,18)9-12/h11-12,15H,3-9H2,1-2H3. The normalized spacial score (nSPS) is 37.6. The molecule has 108 valence electrons. The van der Waals surface area contributed by atoms with E-state index in [2.05, 4.69) is 16.3 Å². The molecule has 0 amide bonds. The number of hydrogen-bond acceptors (Lipinski definition) is 5. The minimum absolute atomic E-state index is 0.131. The summed E-state index contributed by atoms with van der Waals surface area (Å²) in [6.45, 7) is 2.81. The molecule has 6 heteroatoms. The van der Waals surface area contributed by atoms with Gasteiger partial charge < -0.3 is 0 Å². The molecule has 1 aliphatic carbocycles. The number of rotatable bonds is 4. The summed E-state index contributed by atoms with van der Waals surface area (Å²) in [5.41, 5.74) is -0.412. The Morgan fingerprint density at radius 1 is 1.42 bits per heavy atom. The second-order valence-corrected chi connectivity index (χ2v) is 8.07. The molecular weight excluding hydrogens is 262 g/mol. The maximum Gasteiger partial charge on any atom is 0.151 e. The molecule has 1 saturated carbocycles. The van der Waals surface area contributed by atoms with Crippen LogP contribution in [0.5, 0.6) is 0 Å². The summed E-state index contributed by atoms with van der Waals surface area (Å²) in [6.07, 6.45) is 3.35. The number of sulfone groups is 1. The van der Waals surface area contributed by atoms with Crippen molar-refractivity contribution in [3.8, 4) is 6.07 Å². The average Bonchev–Trinajstić information content (AvgIpc) is 2.93. The Morgan fingerprint density at radius 2 is 2.16 bits per heavy atom. The van der Waals surface area contributed by atoms with Crippen LogP contribution in [0, 0.1) is 11.3 Å². The molecule has 3 atom stereocenters. The Balaban J connectivity index is 1.99. The van der Waals surface area contributed by atoms with Crippen molar-refractivity contribution in [2.24, 2.45) is 0 Å². The molecular formula is C13H23N3O2S. The summed E-state index contributed by atoms with van der Waals surface area (Å²) in [6, 6.07) is 2.86. The van der Waals surface area contributed by atoms with Gasteiger partial charge in [-0.15, -0.1) is 0 Å². The Morgan fingerprint density at radius 3 is 2.68 bits per heavy atom. The van der Waals surface area contributed by atoms with E-state index < -0.39 is 15.4 Å². The SMILES string of the molecule is CCNC1(C#N)CCC(N(C)C2CCS(=O)(=O)C2)C1. The van der Waals surface area contributed by atoms with Crippen LogP contribution < -0.4 is 5.32 Å². The molecule has 2 fully saturated rings. The quantitative estimate of drug-likeness (QED) is 0.815. The first-order valence-corrected chi connectivity index (χ1v) is 8.82. The number of nitrogens with one attached hydrogen (secondary N) is 1. The smallest absolute Gasteiger partial charge is 0.151 e. The summed E-state index contributed by atoms with van der Waals surface area (Å²) in [7, 11) is -0.827. The van der Waals surface area contributed by atoms with Crippen molar-refractivity contribution in [2.45, 2.75) is 50.2 Å². The number of nitriles is 1. The lowest BCUT2D eigenvalue weighted by Gasteiger charge is -2.31. The van der Waals surface area contributed by atoms with Gasteiger partial charge in [-0.25, -0.2) is 8.42 Å². The van der Waals surface area contributed by atoms with Gasteiger partial charge in [0.25, 0.3) is 0 Å². The zero-order chi connectivity index (χ0) is 14.1. The zero-order valence-corrected chi connectivity index (χ0v) is 12.5. The van der Waals surface area contributed by atoms with Gasteiger partial charge in [0.05, 0.1) is 17.6 Å². The molecule has 0 aromatic carbocycles. The molecule has 0 spiro atoms. The van der Waals surface area contributed by atoms with Crippen molar-refractivity contribution in [1.82, 2.24) is 10.2 Å². The van der Waals surface area contributed by atoms with Crippen molar-refractivity contribution < 1.29 is 8.42 Å². The van der Waals surface area contributed by atoms with Gasteiger partial charge in [-0.3, -0.25) is 10.2 Å². The van der Waals surface area contributed by atoms with Crippen LogP contribution in [0.3, 0.4) is 0 Å². The maximum atomic E-state index is 11.6.